The fraction of sp³-hybridized carbons (Fsp3) is 1.00. The van der Waals surface area contributed by atoms with Gasteiger partial charge in [0.2, 0.25) is 0 Å². The molecule has 242 valence electrons. The maximum Gasteiger partial charge on any atom is 0.0575 e. The van der Waals surface area contributed by atoms with Crippen molar-refractivity contribution in [2.24, 2.45) is 5.41 Å². The first kappa shape index (κ1) is 40.7. The zero-order valence-electron chi connectivity index (χ0n) is 28.3. The Morgan fingerprint density at radius 1 is 0.400 bits per heavy atom. The summed E-state index contributed by atoms with van der Waals surface area (Å²) in [6, 6.07) is 0. The van der Waals surface area contributed by atoms with Gasteiger partial charge in [0.15, 0.2) is 0 Å². The summed E-state index contributed by atoms with van der Waals surface area (Å²) in [6.45, 7) is 9.42. The monoisotopic (exact) mass is 601 g/mol. The maximum atomic E-state index is 9.99. The average molecular weight is 601 g/mol. The number of rotatable bonds is 34. The zero-order chi connectivity index (χ0) is 29.4. The number of thioether (sulfide) groups is 2. The molecule has 0 saturated carbocycles. The van der Waals surface area contributed by atoms with E-state index >= 15 is 0 Å². The number of unbranched alkanes of at least 4 members (excludes halogenated alkanes) is 26. The highest BCUT2D eigenvalue weighted by Gasteiger charge is 2.29. The van der Waals surface area contributed by atoms with Gasteiger partial charge >= 0.3 is 0 Å². The summed E-state index contributed by atoms with van der Waals surface area (Å²) in [6.07, 6.45) is 40.0. The van der Waals surface area contributed by atoms with E-state index in [1.165, 1.54) is 191 Å². The van der Waals surface area contributed by atoms with E-state index in [4.69, 9.17) is 0 Å². The van der Waals surface area contributed by atoms with Gasteiger partial charge in [-0.25, -0.2) is 0 Å². The number of aliphatic hydroxyl groups excluding tert-OH is 1. The van der Waals surface area contributed by atoms with Gasteiger partial charge in [-0.3, -0.25) is 0 Å². The molecule has 0 radical (unpaired) electrons. The van der Waals surface area contributed by atoms with E-state index in [1.54, 1.807) is 0 Å². The third-order valence-electron chi connectivity index (χ3n) is 8.58. The summed E-state index contributed by atoms with van der Waals surface area (Å²) in [4.78, 5) is 0. The van der Waals surface area contributed by atoms with Crippen LogP contribution in [-0.2, 0) is 0 Å². The molecule has 0 aromatic carbocycles. The minimum atomic E-state index is 0.0152. The Balaban J connectivity index is 3.62. The van der Waals surface area contributed by atoms with E-state index in [0.717, 1.165) is 0 Å². The predicted octanol–water partition coefficient (Wildman–Crippen LogP) is 13.8. The summed E-state index contributed by atoms with van der Waals surface area (Å²) in [5.74, 6) is 2.52. The predicted molar refractivity (Wildman–Crippen MR) is 190 cm³/mol. The molecule has 0 unspecified atom stereocenters. The minimum absolute atomic E-state index is 0.0152. The SMILES string of the molecule is CCCCCCCCCCCCCCCCSC(SCCCCCCCCCCCCCCCC)C(C)(C)CO. The van der Waals surface area contributed by atoms with Gasteiger partial charge in [0, 0.05) is 5.41 Å². The van der Waals surface area contributed by atoms with Crippen LogP contribution in [0, 0.1) is 5.41 Å². The molecule has 0 spiro atoms. The highest BCUT2D eigenvalue weighted by atomic mass is 32.2. The molecule has 0 amide bonds. The first-order chi connectivity index (χ1) is 19.6. The number of aliphatic hydroxyl groups is 1. The normalized spacial score (nSPS) is 12.2. The van der Waals surface area contributed by atoms with Crippen LogP contribution < -0.4 is 0 Å². The molecule has 0 atom stereocenters. The molecule has 0 aromatic rings. The lowest BCUT2D eigenvalue weighted by Gasteiger charge is -2.32. The van der Waals surface area contributed by atoms with Crippen LogP contribution in [0.3, 0.4) is 0 Å². The second-order valence-electron chi connectivity index (χ2n) is 13.4. The Kier molecular flexibility index (Phi) is 33.1. The molecule has 40 heavy (non-hydrogen) atoms. The lowest BCUT2D eigenvalue weighted by Crippen LogP contribution is -2.28. The van der Waals surface area contributed by atoms with Crippen molar-refractivity contribution in [1.82, 2.24) is 0 Å². The van der Waals surface area contributed by atoms with Crippen LogP contribution in [0.25, 0.3) is 0 Å². The highest BCUT2D eigenvalue weighted by Crippen LogP contribution is 2.39. The van der Waals surface area contributed by atoms with Gasteiger partial charge in [-0.15, -0.1) is 23.5 Å². The largest absolute Gasteiger partial charge is 0.396 e. The quantitative estimate of drug-likeness (QED) is 0.0586. The van der Waals surface area contributed by atoms with Crippen molar-refractivity contribution >= 4 is 23.5 Å². The Morgan fingerprint density at radius 3 is 0.850 bits per heavy atom. The van der Waals surface area contributed by atoms with Gasteiger partial charge in [0.1, 0.15) is 0 Å². The van der Waals surface area contributed by atoms with E-state index in [0.29, 0.717) is 11.2 Å². The van der Waals surface area contributed by atoms with E-state index in [-0.39, 0.29) is 5.41 Å². The van der Waals surface area contributed by atoms with Gasteiger partial charge in [-0.2, -0.15) is 0 Å². The number of hydrogen-bond acceptors (Lipinski definition) is 3. The first-order valence-electron chi connectivity index (χ1n) is 18.4. The lowest BCUT2D eigenvalue weighted by molar-refractivity contribution is 0.174. The third kappa shape index (κ3) is 28.8. The summed E-state index contributed by atoms with van der Waals surface area (Å²) in [7, 11) is 0. The standard InChI is InChI=1S/C37H76OS2/c1-5-7-9-11-13-15-17-19-21-23-25-27-29-31-33-39-36(37(3,4)35-38)40-34-32-30-28-26-24-22-20-18-16-14-12-10-8-6-2/h36,38H,5-35H2,1-4H3. The topological polar surface area (TPSA) is 20.2 Å². The molecule has 1 N–H and O–H groups in total. The van der Waals surface area contributed by atoms with Crippen molar-refractivity contribution in [2.45, 2.75) is 212 Å². The Hall–Kier alpha value is 0.660. The molecule has 0 aliphatic carbocycles. The van der Waals surface area contributed by atoms with E-state index in [9.17, 15) is 5.11 Å². The summed E-state index contributed by atoms with van der Waals surface area (Å²) in [5.41, 5.74) is 0.0152. The first-order valence-corrected chi connectivity index (χ1v) is 20.5. The van der Waals surface area contributed by atoms with Crippen molar-refractivity contribution in [3.05, 3.63) is 0 Å². The van der Waals surface area contributed by atoms with Crippen LogP contribution >= 0.6 is 23.5 Å². The van der Waals surface area contributed by atoms with Crippen molar-refractivity contribution in [1.29, 1.82) is 0 Å². The smallest absolute Gasteiger partial charge is 0.0575 e. The molecule has 0 bridgehead atoms. The Bertz CT molecular complexity index is 433. The fourth-order valence-electron chi connectivity index (χ4n) is 5.55. The van der Waals surface area contributed by atoms with Crippen LogP contribution in [0.2, 0.25) is 0 Å². The van der Waals surface area contributed by atoms with Gasteiger partial charge in [-0.05, 0) is 24.3 Å². The van der Waals surface area contributed by atoms with Gasteiger partial charge in [0.25, 0.3) is 0 Å². The Labute approximate surface area is 263 Å². The van der Waals surface area contributed by atoms with Crippen molar-refractivity contribution in [3.8, 4) is 0 Å². The fourth-order valence-corrected chi connectivity index (χ4v) is 8.73. The molecule has 0 fully saturated rings. The van der Waals surface area contributed by atoms with Gasteiger partial charge < -0.3 is 5.11 Å². The van der Waals surface area contributed by atoms with Crippen molar-refractivity contribution < 1.29 is 5.11 Å². The van der Waals surface area contributed by atoms with E-state index in [2.05, 4.69) is 51.2 Å². The maximum absolute atomic E-state index is 9.99. The minimum Gasteiger partial charge on any atom is -0.396 e. The average Bonchev–Trinajstić information content (AvgIpc) is 2.95. The van der Waals surface area contributed by atoms with E-state index < -0.39 is 0 Å². The second kappa shape index (κ2) is 32.6. The summed E-state index contributed by atoms with van der Waals surface area (Å²) < 4.78 is 0.529. The van der Waals surface area contributed by atoms with Crippen molar-refractivity contribution in [3.63, 3.8) is 0 Å². The molecule has 3 heteroatoms. The van der Waals surface area contributed by atoms with Gasteiger partial charge in [0.05, 0.1) is 11.2 Å². The van der Waals surface area contributed by atoms with Crippen LogP contribution in [0.4, 0.5) is 0 Å². The molecule has 0 aliphatic heterocycles. The molecule has 0 rings (SSSR count). The lowest BCUT2D eigenvalue weighted by atomic mass is 9.98. The van der Waals surface area contributed by atoms with Crippen LogP contribution in [0.5, 0.6) is 0 Å². The third-order valence-corrected chi connectivity index (χ3v) is 12.3. The highest BCUT2D eigenvalue weighted by molar-refractivity contribution is 8.17. The molecule has 1 nitrogen and oxygen atoms in total. The van der Waals surface area contributed by atoms with Gasteiger partial charge in [-0.1, -0.05) is 195 Å². The van der Waals surface area contributed by atoms with Crippen LogP contribution in [0.15, 0.2) is 0 Å². The van der Waals surface area contributed by atoms with Crippen molar-refractivity contribution in [2.75, 3.05) is 18.1 Å². The zero-order valence-corrected chi connectivity index (χ0v) is 29.9. The molecular weight excluding hydrogens is 525 g/mol. The molecular formula is C37H76OS2. The molecule has 0 aliphatic rings. The Morgan fingerprint density at radius 2 is 0.625 bits per heavy atom. The molecule has 0 aromatic heterocycles. The summed E-state index contributed by atoms with van der Waals surface area (Å²) in [5, 5.41) is 9.99. The number of hydrogen-bond donors (Lipinski definition) is 1. The molecule has 0 saturated heterocycles. The summed E-state index contributed by atoms with van der Waals surface area (Å²) >= 11 is 4.25. The van der Waals surface area contributed by atoms with Crippen LogP contribution in [-0.4, -0.2) is 27.8 Å². The van der Waals surface area contributed by atoms with E-state index in [1.807, 2.05) is 0 Å². The van der Waals surface area contributed by atoms with Crippen LogP contribution in [0.1, 0.15) is 207 Å². The molecule has 0 heterocycles. The second-order valence-corrected chi connectivity index (χ2v) is 16.1.